The first-order chi connectivity index (χ1) is 6.66. The summed E-state index contributed by atoms with van der Waals surface area (Å²) in [5.74, 6) is 0.708. The van der Waals surface area contributed by atoms with Crippen LogP contribution in [0, 0.1) is 6.92 Å². The molecule has 1 aromatic heterocycles. The highest BCUT2D eigenvalue weighted by molar-refractivity contribution is 5.63. The number of hydrogen-bond donors (Lipinski definition) is 1. The highest BCUT2D eigenvalue weighted by atomic mass is 15.3. The predicted molar refractivity (Wildman–Crippen MR) is 55.6 cm³/mol. The molecule has 1 aromatic carbocycles. The average Bonchev–Trinajstić information content (AvgIpc) is 2.57. The molecule has 0 radical (unpaired) electrons. The predicted octanol–water partition coefficient (Wildman–Crippen LogP) is 1.37. The highest BCUT2D eigenvalue weighted by Gasteiger charge is 2.03. The van der Waals surface area contributed by atoms with Crippen LogP contribution in [-0.4, -0.2) is 14.8 Å². The van der Waals surface area contributed by atoms with Crippen molar-refractivity contribution in [3.8, 4) is 11.4 Å². The zero-order chi connectivity index (χ0) is 10.1. The summed E-state index contributed by atoms with van der Waals surface area (Å²) in [7, 11) is 1.84. The monoisotopic (exact) mass is 188 g/mol. The Balaban J connectivity index is 2.47. The van der Waals surface area contributed by atoms with Crippen LogP contribution in [0.25, 0.3) is 11.4 Å². The molecule has 0 amide bonds. The van der Waals surface area contributed by atoms with Crippen LogP contribution in [0.2, 0.25) is 0 Å². The molecule has 0 spiro atoms. The minimum Gasteiger partial charge on any atom is -0.398 e. The Kier molecular flexibility index (Phi) is 1.96. The van der Waals surface area contributed by atoms with E-state index in [0.29, 0.717) is 5.82 Å². The maximum absolute atomic E-state index is 5.80. The first-order valence-corrected chi connectivity index (χ1v) is 4.39. The molecule has 2 rings (SSSR count). The van der Waals surface area contributed by atoms with Crippen LogP contribution in [0.1, 0.15) is 5.56 Å². The van der Waals surface area contributed by atoms with Gasteiger partial charge in [-0.2, -0.15) is 5.10 Å². The Morgan fingerprint density at radius 2 is 2.14 bits per heavy atom. The van der Waals surface area contributed by atoms with Crippen LogP contribution in [0.5, 0.6) is 0 Å². The van der Waals surface area contributed by atoms with E-state index in [9.17, 15) is 0 Å². The molecule has 72 valence electrons. The molecule has 0 unspecified atom stereocenters. The molecule has 4 nitrogen and oxygen atoms in total. The van der Waals surface area contributed by atoms with Gasteiger partial charge in [-0.05, 0) is 18.6 Å². The van der Waals surface area contributed by atoms with Gasteiger partial charge in [0.05, 0.1) is 0 Å². The third-order valence-electron chi connectivity index (χ3n) is 2.14. The number of aromatic nitrogens is 3. The maximum Gasteiger partial charge on any atom is 0.181 e. The van der Waals surface area contributed by atoms with E-state index in [1.54, 1.807) is 11.0 Å². The Labute approximate surface area is 82.4 Å². The summed E-state index contributed by atoms with van der Waals surface area (Å²) in [6, 6.07) is 5.84. The first-order valence-electron chi connectivity index (χ1n) is 4.39. The van der Waals surface area contributed by atoms with Gasteiger partial charge in [0, 0.05) is 18.3 Å². The molecule has 0 atom stereocenters. The van der Waals surface area contributed by atoms with Crippen molar-refractivity contribution in [3.63, 3.8) is 0 Å². The number of nitrogen functional groups attached to an aromatic ring is 1. The molecule has 0 saturated heterocycles. The summed E-state index contributed by atoms with van der Waals surface area (Å²) >= 11 is 0. The molecule has 4 heteroatoms. The van der Waals surface area contributed by atoms with E-state index in [2.05, 4.69) is 10.1 Å². The molecule has 2 N–H and O–H groups in total. The third kappa shape index (κ3) is 1.46. The van der Waals surface area contributed by atoms with Gasteiger partial charge in [0.2, 0.25) is 0 Å². The first kappa shape index (κ1) is 8.74. The minimum absolute atomic E-state index is 0.708. The number of benzene rings is 1. The minimum atomic E-state index is 0.708. The summed E-state index contributed by atoms with van der Waals surface area (Å²) in [5, 5.41) is 4.20. The van der Waals surface area contributed by atoms with Crippen LogP contribution < -0.4 is 5.73 Å². The van der Waals surface area contributed by atoms with Crippen molar-refractivity contribution in [1.82, 2.24) is 14.8 Å². The Morgan fingerprint density at radius 3 is 2.71 bits per heavy atom. The molecule has 14 heavy (non-hydrogen) atoms. The number of aryl methyl sites for hydroxylation is 2. The summed E-state index contributed by atoms with van der Waals surface area (Å²) < 4.78 is 1.67. The van der Waals surface area contributed by atoms with Gasteiger partial charge in [-0.1, -0.05) is 12.1 Å². The summed E-state index contributed by atoms with van der Waals surface area (Å²) in [6.07, 6.45) is 1.67. The van der Waals surface area contributed by atoms with Gasteiger partial charge in [0.1, 0.15) is 6.33 Å². The van der Waals surface area contributed by atoms with E-state index in [4.69, 9.17) is 5.73 Å². The Hall–Kier alpha value is -1.84. The van der Waals surface area contributed by atoms with Crippen LogP contribution in [0.15, 0.2) is 24.5 Å². The molecule has 0 saturated carbocycles. The van der Waals surface area contributed by atoms with Crippen LogP contribution >= 0.6 is 0 Å². The second-order valence-corrected chi connectivity index (χ2v) is 3.31. The van der Waals surface area contributed by atoms with Crippen LogP contribution in [0.3, 0.4) is 0 Å². The van der Waals surface area contributed by atoms with E-state index in [-0.39, 0.29) is 0 Å². The van der Waals surface area contributed by atoms with Gasteiger partial charge in [-0.25, -0.2) is 4.98 Å². The molecule has 0 bridgehead atoms. The van der Waals surface area contributed by atoms with Crippen molar-refractivity contribution in [3.05, 3.63) is 30.1 Å². The second-order valence-electron chi connectivity index (χ2n) is 3.31. The van der Waals surface area contributed by atoms with Gasteiger partial charge in [-0.15, -0.1) is 0 Å². The average molecular weight is 188 g/mol. The van der Waals surface area contributed by atoms with E-state index in [1.165, 1.54) is 0 Å². The Bertz CT molecular complexity index is 459. The summed E-state index contributed by atoms with van der Waals surface area (Å²) in [6.45, 7) is 1.98. The standard InChI is InChI=1S/C10H12N4/c1-7-3-4-8(5-9(7)11)10-12-6-14(2)13-10/h3-6H,11H2,1-2H3. The molecule has 0 aliphatic carbocycles. The third-order valence-corrected chi connectivity index (χ3v) is 2.14. The van der Waals surface area contributed by atoms with Crippen molar-refractivity contribution >= 4 is 5.69 Å². The SMILES string of the molecule is Cc1ccc(-c2ncn(C)n2)cc1N. The zero-order valence-corrected chi connectivity index (χ0v) is 8.23. The smallest absolute Gasteiger partial charge is 0.181 e. The maximum atomic E-state index is 5.80. The van der Waals surface area contributed by atoms with E-state index in [0.717, 1.165) is 16.8 Å². The van der Waals surface area contributed by atoms with Crippen molar-refractivity contribution in [2.24, 2.45) is 7.05 Å². The van der Waals surface area contributed by atoms with E-state index in [1.807, 2.05) is 32.2 Å². The summed E-state index contributed by atoms with van der Waals surface area (Å²) in [5.41, 5.74) is 8.60. The van der Waals surface area contributed by atoms with Crippen molar-refractivity contribution in [2.75, 3.05) is 5.73 Å². The molecule has 0 aliphatic rings. The lowest BCUT2D eigenvalue weighted by Crippen LogP contribution is -1.92. The van der Waals surface area contributed by atoms with E-state index >= 15 is 0 Å². The molecule has 0 aliphatic heterocycles. The van der Waals surface area contributed by atoms with Crippen LogP contribution in [-0.2, 0) is 7.05 Å². The van der Waals surface area contributed by atoms with Gasteiger partial charge < -0.3 is 5.73 Å². The molecule has 0 fully saturated rings. The van der Waals surface area contributed by atoms with Crippen LogP contribution in [0.4, 0.5) is 5.69 Å². The lowest BCUT2D eigenvalue weighted by molar-refractivity contribution is 0.768. The molecular formula is C10H12N4. The fraction of sp³-hybridized carbons (Fsp3) is 0.200. The lowest BCUT2D eigenvalue weighted by atomic mass is 10.1. The lowest BCUT2D eigenvalue weighted by Gasteiger charge is -2.01. The molecular weight excluding hydrogens is 176 g/mol. The fourth-order valence-electron chi connectivity index (χ4n) is 1.25. The number of nitrogens with zero attached hydrogens (tertiary/aromatic N) is 3. The summed E-state index contributed by atoms with van der Waals surface area (Å²) in [4.78, 5) is 4.15. The highest BCUT2D eigenvalue weighted by Crippen LogP contribution is 2.19. The van der Waals surface area contributed by atoms with Crippen molar-refractivity contribution in [1.29, 1.82) is 0 Å². The molecule has 2 aromatic rings. The normalized spacial score (nSPS) is 10.4. The van der Waals surface area contributed by atoms with Crippen molar-refractivity contribution < 1.29 is 0 Å². The van der Waals surface area contributed by atoms with Gasteiger partial charge in [0.25, 0.3) is 0 Å². The zero-order valence-electron chi connectivity index (χ0n) is 8.23. The number of rotatable bonds is 1. The molecule has 1 heterocycles. The van der Waals surface area contributed by atoms with E-state index < -0.39 is 0 Å². The van der Waals surface area contributed by atoms with Gasteiger partial charge in [0.15, 0.2) is 5.82 Å². The van der Waals surface area contributed by atoms with Gasteiger partial charge >= 0.3 is 0 Å². The quantitative estimate of drug-likeness (QED) is 0.688. The second kappa shape index (κ2) is 3.14. The largest absolute Gasteiger partial charge is 0.398 e. The fourth-order valence-corrected chi connectivity index (χ4v) is 1.25. The number of hydrogen-bond acceptors (Lipinski definition) is 3. The Morgan fingerprint density at radius 1 is 1.36 bits per heavy atom. The topological polar surface area (TPSA) is 56.7 Å². The number of nitrogens with two attached hydrogens (primary N) is 1. The van der Waals surface area contributed by atoms with Crippen molar-refractivity contribution in [2.45, 2.75) is 6.92 Å². The van der Waals surface area contributed by atoms with Gasteiger partial charge in [-0.3, -0.25) is 4.68 Å². The number of anilines is 1.